The predicted octanol–water partition coefficient (Wildman–Crippen LogP) is 3.20. The molecule has 1 N–H and O–H groups in total. The van der Waals surface area contributed by atoms with Crippen LogP contribution >= 0.6 is 22.7 Å². The van der Waals surface area contributed by atoms with Gasteiger partial charge >= 0.3 is 5.69 Å². The van der Waals surface area contributed by atoms with Crippen LogP contribution in [0.4, 0.5) is 0 Å². The molecular weight excluding hydrogens is 454 g/mol. The number of imidazole rings is 1. The van der Waals surface area contributed by atoms with E-state index in [4.69, 9.17) is 0 Å². The Morgan fingerprint density at radius 2 is 2.00 bits per heavy atom. The fourth-order valence-corrected chi connectivity index (χ4v) is 6.66. The van der Waals surface area contributed by atoms with Crippen molar-refractivity contribution in [3.63, 3.8) is 0 Å². The number of rotatable bonds is 6. The highest BCUT2D eigenvalue weighted by atomic mass is 32.2. The molecule has 0 radical (unpaired) electrons. The van der Waals surface area contributed by atoms with Crippen molar-refractivity contribution in [2.45, 2.75) is 50.6 Å². The van der Waals surface area contributed by atoms with Gasteiger partial charge in [0.25, 0.3) is 0 Å². The van der Waals surface area contributed by atoms with E-state index in [1.165, 1.54) is 15.9 Å². The minimum Gasteiger partial charge on any atom is -0.286 e. The van der Waals surface area contributed by atoms with Crippen LogP contribution in [0.2, 0.25) is 0 Å². The van der Waals surface area contributed by atoms with Crippen LogP contribution in [0.1, 0.15) is 35.3 Å². The average molecular weight is 476 g/mol. The molecule has 1 aliphatic carbocycles. The van der Waals surface area contributed by atoms with Gasteiger partial charge in [-0.15, -0.1) is 22.7 Å². The minimum absolute atomic E-state index is 0.139. The highest BCUT2D eigenvalue weighted by molar-refractivity contribution is 7.89. The number of hydrogen-bond donors (Lipinski definition) is 1. The molecule has 0 amide bonds. The second kappa shape index (κ2) is 7.09. The van der Waals surface area contributed by atoms with Crippen molar-refractivity contribution >= 4 is 43.7 Å². The molecule has 8 nitrogen and oxygen atoms in total. The minimum atomic E-state index is -3.70. The van der Waals surface area contributed by atoms with E-state index in [0.29, 0.717) is 22.7 Å². The van der Waals surface area contributed by atoms with E-state index < -0.39 is 10.0 Å². The van der Waals surface area contributed by atoms with Crippen molar-refractivity contribution in [2.24, 2.45) is 0 Å². The van der Waals surface area contributed by atoms with Gasteiger partial charge in [0.05, 0.1) is 33.2 Å². The zero-order valence-corrected chi connectivity index (χ0v) is 19.7. The SMILES string of the molecule is Cc1nc(C)c(Cn2c(=O)n(-c3nccs3)c3cc(S(=O)(=O)NC4(C)CC4)ccc32)s1. The summed E-state index contributed by atoms with van der Waals surface area (Å²) in [7, 11) is -3.70. The van der Waals surface area contributed by atoms with Crippen molar-refractivity contribution < 1.29 is 8.42 Å². The van der Waals surface area contributed by atoms with Gasteiger partial charge < -0.3 is 0 Å². The molecule has 0 unspecified atom stereocenters. The van der Waals surface area contributed by atoms with E-state index in [0.717, 1.165) is 28.4 Å². The zero-order valence-electron chi connectivity index (χ0n) is 17.2. The maximum atomic E-state index is 13.4. The number of fused-ring (bicyclic) bond motifs is 1. The summed E-state index contributed by atoms with van der Waals surface area (Å²) in [5, 5.41) is 3.23. The molecule has 1 aliphatic rings. The first-order chi connectivity index (χ1) is 14.7. The van der Waals surface area contributed by atoms with Crippen LogP contribution in [0.3, 0.4) is 0 Å². The molecule has 4 aromatic rings. The van der Waals surface area contributed by atoms with Crippen LogP contribution in [-0.4, -0.2) is 33.1 Å². The molecule has 11 heteroatoms. The monoisotopic (exact) mass is 475 g/mol. The van der Waals surface area contributed by atoms with Crippen LogP contribution in [0.25, 0.3) is 16.2 Å². The number of nitrogens with zero attached hydrogens (tertiary/aromatic N) is 4. The Morgan fingerprint density at radius 1 is 1.23 bits per heavy atom. The van der Waals surface area contributed by atoms with Crippen molar-refractivity contribution in [1.29, 1.82) is 0 Å². The Balaban J connectivity index is 1.69. The highest BCUT2D eigenvalue weighted by Gasteiger charge is 2.41. The second-order valence-electron chi connectivity index (χ2n) is 8.08. The lowest BCUT2D eigenvalue weighted by Crippen LogP contribution is -2.34. The van der Waals surface area contributed by atoms with Gasteiger partial charge in [0.15, 0.2) is 5.13 Å². The van der Waals surface area contributed by atoms with Crippen LogP contribution in [0.15, 0.2) is 39.5 Å². The van der Waals surface area contributed by atoms with E-state index in [9.17, 15) is 13.2 Å². The third-order valence-corrected chi connectivity index (χ3v) is 8.95. The Bertz CT molecular complexity index is 1460. The van der Waals surface area contributed by atoms with Gasteiger partial charge in [-0.05, 0) is 51.8 Å². The number of benzene rings is 1. The summed E-state index contributed by atoms with van der Waals surface area (Å²) in [6.45, 7) is 6.13. The van der Waals surface area contributed by atoms with Crippen LogP contribution in [-0.2, 0) is 16.6 Å². The van der Waals surface area contributed by atoms with E-state index in [1.54, 1.807) is 45.7 Å². The zero-order chi connectivity index (χ0) is 22.0. The highest BCUT2D eigenvalue weighted by Crippen LogP contribution is 2.36. The van der Waals surface area contributed by atoms with E-state index >= 15 is 0 Å². The fraction of sp³-hybridized carbons (Fsp3) is 0.350. The molecule has 5 rings (SSSR count). The molecule has 0 bridgehead atoms. The number of hydrogen-bond acceptors (Lipinski definition) is 7. The molecule has 1 fully saturated rings. The van der Waals surface area contributed by atoms with Crippen LogP contribution < -0.4 is 10.4 Å². The molecule has 31 heavy (non-hydrogen) atoms. The van der Waals surface area contributed by atoms with Crippen molar-refractivity contribution in [2.75, 3.05) is 0 Å². The van der Waals surface area contributed by atoms with Crippen LogP contribution in [0.5, 0.6) is 0 Å². The quantitative estimate of drug-likeness (QED) is 0.462. The Labute approximate surface area is 187 Å². The van der Waals surface area contributed by atoms with Gasteiger partial charge in [0, 0.05) is 22.0 Å². The van der Waals surface area contributed by atoms with Gasteiger partial charge in [-0.1, -0.05) is 0 Å². The first-order valence-corrected chi connectivity index (χ1v) is 13.0. The van der Waals surface area contributed by atoms with Crippen molar-refractivity contribution in [1.82, 2.24) is 23.8 Å². The van der Waals surface area contributed by atoms with Gasteiger partial charge in [-0.3, -0.25) is 4.57 Å². The summed E-state index contributed by atoms with van der Waals surface area (Å²) in [4.78, 5) is 23.3. The van der Waals surface area contributed by atoms with E-state index in [-0.39, 0.29) is 16.1 Å². The topological polar surface area (TPSA) is 98.9 Å². The lowest BCUT2D eigenvalue weighted by molar-refractivity contribution is 0.558. The van der Waals surface area contributed by atoms with Gasteiger partial charge in [0.1, 0.15) is 0 Å². The standard InChI is InChI=1S/C20H21N5O3S3/c1-12-17(30-13(2)22-12)11-24-15-5-4-14(31(27,28)23-20(3)6-7-20)10-16(15)25(19(24)26)18-21-8-9-29-18/h4-5,8-10,23H,6-7,11H2,1-3H3. The molecule has 3 heterocycles. The molecular formula is C20H21N5O3S3. The molecule has 162 valence electrons. The van der Waals surface area contributed by atoms with Gasteiger partial charge in [-0.2, -0.15) is 0 Å². The largest absolute Gasteiger partial charge is 0.335 e. The number of sulfonamides is 1. The number of aryl methyl sites for hydroxylation is 2. The normalized spacial score (nSPS) is 15.6. The molecule has 0 saturated heterocycles. The first-order valence-electron chi connectivity index (χ1n) is 9.79. The van der Waals surface area contributed by atoms with Crippen molar-refractivity contribution in [3.8, 4) is 5.13 Å². The lowest BCUT2D eigenvalue weighted by atomic mass is 10.3. The fourth-order valence-electron chi connectivity index (χ4n) is 3.61. The number of nitrogens with one attached hydrogen (secondary N) is 1. The molecule has 1 aromatic carbocycles. The summed E-state index contributed by atoms with van der Waals surface area (Å²) in [6, 6.07) is 4.82. The first kappa shape index (κ1) is 20.6. The summed E-state index contributed by atoms with van der Waals surface area (Å²) in [6.07, 6.45) is 3.27. The molecule has 0 spiro atoms. The maximum absolute atomic E-state index is 13.4. The lowest BCUT2D eigenvalue weighted by Gasteiger charge is -2.12. The summed E-state index contributed by atoms with van der Waals surface area (Å²) in [5.41, 5.74) is 1.43. The second-order valence-corrected chi connectivity index (χ2v) is 11.9. The Morgan fingerprint density at radius 3 is 2.61 bits per heavy atom. The van der Waals surface area contributed by atoms with Gasteiger partial charge in [0.2, 0.25) is 10.0 Å². The summed E-state index contributed by atoms with van der Waals surface area (Å²) >= 11 is 2.88. The van der Waals surface area contributed by atoms with E-state index in [2.05, 4.69) is 14.7 Å². The van der Waals surface area contributed by atoms with Crippen molar-refractivity contribution in [3.05, 3.63) is 55.8 Å². The third kappa shape index (κ3) is 3.65. The molecule has 0 aliphatic heterocycles. The number of thiazole rings is 2. The van der Waals surface area contributed by atoms with Crippen LogP contribution in [0, 0.1) is 13.8 Å². The summed E-state index contributed by atoms with van der Waals surface area (Å²) in [5.74, 6) is 0. The third-order valence-electron chi connectivity index (χ3n) is 5.50. The predicted molar refractivity (Wildman–Crippen MR) is 122 cm³/mol. The average Bonchev–Trinajstić information content (AvgIpc) is 3.05. The number of aromatic nitrogens is 4. The Hall–Kier alpha value is -2.34. The summed E-state index contributed by atoms with van der Waals surface area (Å²) < 4.78 is 31.8. The van der Waals surface area contributed by atoms with E-state index in [1.807, 2.05) is 20.8 Å². The Kier molecular flexibility index (Phi) is 4.70. The van der Waals surface area contributed by atoms with Gasteiger partial charge in [-0.25, -0.2) is 32.5 Å². The molecule has 1 saturated carbocycles. The molecule has 3 aromatic heterocycles. The molecule has 0 atom stereocenters. The maximum Gasteiger partial charge on any atom is 0.335 e. The smallest absolute Gasteiger partial charge is 0.286 e.